The first-order chi connectivity index (χ1) is 5.40. The molecule has 72 valence electrons. The minimum absolute atomic E-state index is 0.0795. The zero-order valence-electron chi connectivity index (χ0n) is 8.18. The Hall–Kier alpha value is -0.610. The maximum Gasteiger partial charge on any atom is 0.246 e. The highest BCUT2D eigenvalue weighted by atomic mass is 16.5. The van der Waals surface area contributed by atoms with Crippen molar-refractivity contribution < 1.29 is 9.53 Å². The highest BCUT2D eigenvalue weighted by Crippen LogP contribution is 2.05. The lowest BCUT2D eigenvalue weighted by molar-refractivity contribution is -0.126. The van der Waals surface area contributed by atoms with Crippen LogP contribution in [-0.2, 0) is 9.53 Å². The van der Waals surface area contributed by atoms with Crippen molar-refractivity contribution in [2.24, 2.45) is 5.73 Å². The van der Waals surface area contributed by atoms with E-state index in [9.17, 15) is 4.79 Å². The van der Waals surface area contributed by atoms with Crippen LogP contribution in [0.1, 0.15) is 20.8 Å². The standard InChI is InChI=1S/C8H18N2O2/c1-6(9)8(2,3)10-7(11)5-12-4/h6H,5,9H2,1-4H3,(H,10,11). The Morgan fingerprint density at radius 2 is 2.17 bits per heavy atom. The molecule has 0 heterocycles. The fourth-order valence-electron chi connectivity index (χ4n) is 0.640. The SMILES string of the molecule is COCC(=O)NC(C)(C)C(C)N. The van der Waals surface area contributed by atoms with Crippen LogP contribution in [0.15, 0.2) is 0 Å². The van der Waals surface area contributed by atoms with Gasteiger partial charge in [0.1, 0.15) is 6.61 Å². The molecule has 4 nitrogen and oxygen atoms in total. The molecule has 12 heavy (non-hydrogen) atoms. The van der Waals surface area contributed by atoms with E-state index in [1.54, 1.807) is 0 Å². The summed E-state index contributed by atoms with van der Waals surface area (Å²) in [5.74, 6) is -0.139. The van der Waals surface area contributed by atoms with Gasteiger partial charge in [-0.25, -0.2) is 0 Å². The second kappa shape index (κ2) is 4.42. The monoisotopic (exact) mass is 174 g/mol. The van der Waals surface area contributed by atoms with Gasteiger partial charge in [0, 0.05) is 18.7 Å². The molecule has 0 saturated heterocycles. The van der Waals surface area contributed by atoms with Crippen LogP contribution in [0.25, 0.3) is 0 Å². The van der Waals surface area contributed by atoms with Crippen LogP contribution in [0, 0.1) is 0 Å². The van der Waals surface area contributed by atoms with Gasteiger partial charge in [-0.3, -0.25) is 4.79 Å². The van der Waals surface area contributed by atoms with Gasteiger partial charge in [0.2, 0.25) is 5.91 Å². The molecule has 0 saturated carbocycles. The lowest BCUT2D eigenvalue weighted by atomic mass is 9.97. The molecule has 3 N–H and O–H groups in total. The van der Waals surface area contributed by atoms with Gasteiger partial charge in [-0.2, -0.15) is 0 Å². The smallest absolute Gasteiger partial charge is 0.246 e. The summed E-state index contributed by atoms with van der Waals surface area (Å²) in [5, 5.41) is 2.77. The summed E-state index contributed by atoms with van der Waals surface area (Å²) in [5.41, 5.74) is 5.28. The van der Waals surface area contributed by atoms with Crippen LogP contribution in [0.2, 0.25) is 0 Å². The molecule has 1 amide bonds. The van der Waals surface area contributed by atoms with E-state index in [1.807, 2.05) is 20.8 Å². The zero-order valence-corrected chi connectivity index (χ0v) is 8.18. The number of ether oxygens (including phenoxy) is 1. The number of carbonyl (C=O) groups is 1. The van der Waals surface area contributed by atoms with Crippen molar-refractivity contribution in [3.05, 3.63) is 0 Å². The molecule has 0 bridgehead atoms. The Morgan fingerprint density at radius 3 is 2.50 bits per heavy atom. The van der Waals surface area contributed by atoms with Gasteiger partial charge in [0.25, 0.3) is 0 Å². The molecular formula is C8H18N2O2. The van der Waals surface area contributed by atoms with E-state index in [-0.39, 0.29) is 24.1 Å². The second-order valence-electron chi connectivity index (χ2n) is 3.49. The maximum atomic E-state index is 11.1. The quantitative estimate of drug-likeness (QED) is 0.624. The predicted octanol–water partition coefficient (Wildman–Crippen LogP) is -0.125. The van der Waals surface area contributed by atoms with Crippen LogP contribution < -0.4 is 11.1 Å². The van der Waals surface area contributed by atoms with Gasteiger partial charge >= 0.3 is 0 Å². The summed E-state index contributed by atoms with van der Waals surface area (Å²) in [6, 6.07) is -0.0849. The molecule has 0 fully saturated rings. The van der Waals surface area contributed by atoms with Gasteiger partial charge < -0.3 is 15.8 Å². The number of rotatable bonds is 4. The van der Waals surface area contributed by atoms with Crippen molar-refractivity contribution in [3.8, 4) is 0 Å². The number of nitrogens with one attached hydrogen (secondary N) is 1. The molecule has 0 aromatic carbocycles. The van der Waals surface area contributed by atoms with E-state index < -0.39 is 0 Å². The molecule has 0 aliphatic carbocycles. The average molecular weight is 174 g/mol. The third kappa shape index (κ3) is 3.69. The molecular weight excluding hydrogens is 156 g/mol. The first-order valence-electron chi connectivity index (χ1n) is 3.95. The molecule has 0 aromatic rings. The highest BCUT2D eigenvalue weighted by molar-refractivity contribution is 5.78. The summed E-state index contributed by atoms with van der Waals surface area (Å²) in [6.45, 7) is 5.69. The Morgan fingerprint density at radius 1 is 1.67 bits per heavy atom. The van der Waals surface area contributed by atoms with Crippen LogP contribution in [0.5, 0.6) is 0 Å². The zero-order chi connectivity index (χ0) is 9.78. The maximum absolute atomic E-state index is 11.1. The highest BCUT2D eigenvalue weighted by Gasteiger charge is 2.24. The summed E-state index contributed by atoms with van der Waals surface area (Å²) >= 11 is 0. The van der Waals surface area contributed by atoms with Crippen molar-refractivity contribution >= 4 is 5.91 Å². The summed E-state index contributed by atoms with van der Waals surface area (Å²) in [7, 11) is 1.48. The van der Waals surface area contributed by atoms with Crippen molar-refractivity contribution in [2.75, 3.05) is 13.7 Å². The first kappa shape index (κ1) is 11.4. The van der Waals surface area contributed by atoms with Crippen LogP contribution in [0.4, 0.5) is 0 Å². The van der Waals surface area contributed by atoms with E-state index in [2.05, 4.69) is 10.1 Å². The topological polar surface area (TPSA) is 64.3 Å². The van der Waals surface area contributed by atoms with Gasteiger partial charge in [0.05, 0.1) is 0 Å². The number of amides is 1. The molecule has 1 unspecified atom stereocenters. The molecule has 0 aliphatic heterocycles. The molecule has 0 aliphatic rings. The lowest BCUT2D eigenvalue weighted by Crippen LogP contribution is -2.55. The predicted molar refractivity (Wildman–Crippen MR) is 47.7 cm³/mol. The molecule has 0 aromatic heterocycles. The Balaban J connectivity index is 3.97. The van der Waals surface area contributed by atoms with Crippen LogP contribution in [0.3, 0.4) is 0 Å². The van der Waals surface area contributed by atoms with Gasteiger partial charge in [-0.05, 0) is 20.8 Å². The van der Waals surface area contributed by atoms with Gasteiger partial charge in [0.15, 0.2) is 0 Å². The van der Waals surface area contributed by atoms with E-state index >= 15 is 0 Å². The molecule has 0 rings (SSSR count). The molecule has 0 radical (unpaired) electrons. The van der Waals surface area contributed by atoms with E-state index in [0.29, 0.717) is 0 Å². The fourth-order valence-corrected chi connectivity index (χ4v) is 0.640. The minimum Gasteiger partial charge on any atom is -0.375 e. The summed E-state index contributed by atoms with van der Waals surface area (Å²) in [6.07, 6.45) is 0. The summed E-state index contributed by atoms with van der Waals surface area (Å²) in [4.78, 5) is 11.1. The number of methoxy groups -OCH3 is 1. The number of hydrogen-bond donors (Lipinski definition) is 2. The summed E-state index contributed by atoms with van der Waals surface area (Å²) < 4.78 is 4.68. The van der Waals surface area contributed by atoms with Gasteiger partial charge in [-0.15, -0.1) is 0 Å². The minimum atomic E-state index is -0.379. The number of hydrogen-bond acceptors (Lipinski definition) is 3. The van der Waals surface area contributed by atoms with Crippen molar-refractivity contribution in [1.82, 2.24) is 5.32 Å². The third-order valence-electron chi connectivity index (χ3n) is 1.88. The number of carbonyl (C=O) groups excluding carboxylic acids is 1. The first-order valence-corrected chi connectivity index (χ1v) is 3.95. The van der Waals surface area contributed by atoms with E-state index in [1.165, 1.54) is 7.11 Å². The second-order valence-corrected chi connectivity index (χ2v) is 3.49. The van der Waals surface area contributed by atoms with Crippen molar-refractivity contribution in [1.29, 1.82) is 0 Å². The fraction of sp³-hybridized carbons (Fsp3) is 0.875. The molecule has 1 atom stereocenters. The Labute approximate surface area is 73.5 Å². The van der Waals surface area contributed by atoms with E-state index in [0.717, 1.165) is 0 Å². The van der Waals surface area contributed by atoms with Crippen LogP contribution >= 0.6 is 0 Å². The third-order valence-corrected chi connectivity index (χ3v) is 1.88. The Bertz CT molecular complexity index is 155. The lowest BCUT2D eigenvalue weighted by Gasteiger charge is -2.30. The number of nitrogens with two attached hydrogens (primary N) is 1. The van der Waals surface area contributed by atoms with Crippen molar-refractivity contribution in [3.63, 3.8) is 0 Å². The van der Waals surface area contributed by atoms with Crippen LogP contribution in [-0.4, -0.2) is 31.2 Å². The largest absolute Gasteiger partial charge is 0.375 e. The molecule has 4 heteroatoms. The van der Waals surface area contributed by atoms with E-state index in [4.69, 9.17) is 5.73 Å². The van der Waals surface area contributed by atoms with Gasteiger partial charge in [-0.1, -0.05) is 0 Å². The average Bonchev–Trinajstić information content (AvgIpc) is 1.85. The normalized spacial score (nSPS) is 14.1. The molecule has 0 spiro atoms. The van der Waals surface area contributed by atoms with Crippen molar-refractivity contribution in [2.45, 2.75) is 32.4 Å². The Kier molecular flexibility index (Phi) is 4.20.